The zero-order chi connectivity index (χ0) is 29.3. The van der Waals surface area contributed by atoms with Gasteiger partial charge in [0.05, 0.1) is 19.8 Å². The van der Waals surface area contributed by atoms with Crippen LogP contribution in [0.2, 0.25) is 0 Å². The monoisotopic (exact) mass is 599 g/mol. The Labute approximate surface area is 247 Å². The molecule has 1 aliphatic rings. The molecule has 1 aliphatic heterocycles. The molecule has 3 unspecified atom stereocenters. The molecule has 0 N–H and O–H groups in total. The number of quaternary nitrogens is 1. The summed E-state index contributed by atoms with van der Waals surface area (Å²) in [6.45, 7) is 6.67. The second-order valence-electron chi connectivity index (χ2n) is 10.5. The first-order chi connectivity index (χ1) is 19.6. The molecule has 10 heteroatoms. The summed E-state index contributed by atoms with van der Waals surface area (Å²) in [5.74, 6) is 2.37. The highest BCUT2D eigenvalue weighted by molar-refractivity contribution is 8.03. The number of hydrogen-bond donors (Lipinski definition) is 0. The number of phosphoric acid groups is 1. The molecule has 0 fully saturated rings. The third-order valence-electron chi connectivity index (χ3n) is 6.17. The van der Waals surface area contributed by atoms with Gasteiger partial charge in [-0.3, -0.25) is 9.05 Å². The van der Waals surface area contributed by atoms with Crippen molar-refractivity contribution in [3.8, 4) is 17.2 Å². The fourth-order valence-corrected chi connectivity index (χ4v) is 6.20. The fraction of sp³-hybridized carbons (Fsp3) is 0.355. The molecule has 0 aliphatic carbocycles. The van der Waals surface area contributed by atoms with Gasteiger partial charge in [-0.25, -0.2) is 0 Å². The minimum Gasteiger partial charge on any atom is -0.746 e. The van der Waals surface area contributed by atoms with Gasteiger partial charge in [0.25, 0.3) is 0 Å². The van der Waals surface area contributed by atoms with Crippen molar-refractivity contribution in [3.63, 3.8) is 0 Å². The summed E-state index contributed by atoms with van der Waals surface area (Å²) in [4.78, 5) is 14.1. The van der Waals surface area contributed by atoms with Crippen molar-refractivity contribution in [3.05, 3.63) is 101 Å². The molecule has 0 aromatic heterocycles. The van der Waals surface area contributed by atoms with Gasteiger partial charge in [0.2, 0.25) is 0 Å². The van der Waals surface area contributed by atoms with Gasteiger partial charge in [0.1, 0.15) is 55.2 Å². The van der Waals surface area contributed by atoms with E-state index in [1.807, 2.05) is 68.4 Å². The molecule has 3 aromatic rings. The van der Waals surface area contributed by atoms with E-state index in [9.17, 15) is 9.46 Å². The van der Waals surface area contributed by atoms with Crippen molar-refractivity contribution < 1.29 is 37.2 Å². The quantitative estimate of drug-likeness (QED) is 0.144. The molecule has 0 spiro atoms. The van der Waals surface area contributed by atoms with Crippen LogP contribution in [0.15, 0.2) is 90.0 Å². The number of thioether (sulfide) groups is 1. The van der Waals surface area contributed by atoms with Crippen molar-refractivity contribution in [1.82, 2.24) is 0 Å². The van der Waals surface area contributed by atoms with Crippen LogP contribution in [0.5, 0.6) is 17.2 Å². The van der Waals surface area contributed by atoms with Gasteiger partial charge in [-0.15, -0.1) is 0 Å². The van der Waals surface area contributed by atoms with E-state index in [0.717, 1.165) is 17.0 Å². The molecule has 41 heavy (non-hydrogen) atoms. The molecule has 8 nitrogen and oxygen atoms in total. The first kappa shape index (κ1) is 31.2. The van der Waals surface area contributed by atoms with Crippen molar-refractivity contribution >= 4 is 19.6 Å². The summed E-state index contributed by atoms with van der Waals surface area (Å²) in [5.41, 5.74) is 1.85. The lowest BCUT2D eigenvalue weighted by molar-refractivity contribution is -0.858. The van der Waals surface area contributed by atoms with Crippen molar-refractivity contribution in [2.75, 3.05) is 26.1 Å². The maximum Gasteiger partial charge on any atom is 0.319 e. The fourth-order valence-electron chi connectivity index (χ4n) is 4.38. The van der Waals surface area contributed by atoms with Gasteiger partial charge < -0.3 is 28.2 Å². The van der Waals surface area contributed by atoms with Gasteiger partial charge in [-0.1, -0.05) is 60.3 Å². The van der Waals surface area contributed by atoms with E-state index in [-0.39, 0.29) is 25.1 Å². The maximum atomic E-state index is 12.9. The number of phosphoric ester groups is 1. The van der Waals surface area contributed by atoms with Crippen LogP contribution in [-0.2, 0) is 27.0 Å². The summed E-state index contributed by atoms with van der Waals surface area (Å²) in [7, 11) is -2.59. The van der Waals surface area contributed by atoms with E-state index in [2.05, 4.69) is 20.2 Å². The highest BCUT2D eigenvalue weighted by atomic mass is 32.2. The van der Waals surface area contributed by atoms with Crippen LogP contribution >= 0.6 is 19.6 Å². The first-order valence-corrected chi connectivity index (χ1v) is 16.0. The summed E-state index contributed by atoms with van der Waals surface area (Å²) in [6.07, 6.45) is 1.36. The number of para-hydroxylation sites is 1. The molecule has 0 bridgehead atoms. The predicted molar refractivity (Wildman–Crippen MR) is 159 cm³/mol. The molecular formula is C31H38NO7PS. The number of nitrogens with zero attached hydrogens (tertiary/aromatic N) is 1. The molecule has 4 rings (SSSR count). The zero-order valence-corrected chi connectivity index (χ0v) is 25.6. The van der Waals surface area contributed by atoms with Crippen LogP contribution < -0.4 is 18.9 Å². The number of hydrogen-bond acceptors (Lipinski definition) is 8. The Bertz CT molecular complexity index is 1350. The molecule has 1 heterocycles. The van der Waals surface area contributed by atoms with Crippen molar-refractivity contribution in [2.45, 2.75) is 46.1 Å². The molecule has 0 amide bonds. The van der Waals surface area contributed by atoms with E-state index in [4.69, 9.17) is 23.3 Å². The van der Waals surface area contributed by atoms with Gasteiger partial charge in [-0.05, 0) is 50.6 Å². The number of allylic oxidation sites excluding steroid dienone is 1. The Kier molecular flexibility index (Phi) is 10.9. The molecule has 3 atom stereocenters. The number of ether oxygens (including phenoxy) is 3. The van der Waals surface area contributed by atoms with Crippen molar-refractivity contribution in [1.29, 1.82) is 0 Å². The third-order valence-corrected chi connectivity index (χ3v) is 8.33. The Morgan fingerprint density at radius 3 is 2.37 bits per heavy atom. The van der Waals surface area contributed by atoms with Crippen LogP contribution in [0.3, 0.4) is 0 Å². The van der Waals surface area contributed by atoms with Gasteiger partial charge in [-0.2, -0.15) is 0 Å². The van der Waals surface area contributed by atoms with E-state index in [1.165, 1.54) is 4.91 Å². The summed E-state index contributed by atoms with van der Waals surface area (Å²) in [6, 6.07) is 24.3. The topological polar surface area (TPSA) is 86.3 Å². The lowest BCUT2D eigenvalue weighted by atomic mass is 10.2. The van der Waals surface area contributed by atoms with E-state index >= 15 is 0 Å². The second-order valence-corrected chi connectivity index (χ2v) is 13.0. The highest BCUT2D eigenvalue weighted by Crippen LogP contribution is 2.42. The first-order valence-electron chi connectivity index (χ1n) is 13.5. The lowest BCUT2D eigenvalue weighted by Crippen LogP contribution is -2.34. The van der Waals surface area contributed by atoms with Gasteiger partial charge in [0.15, 0.2) is 0 Å². The number of benzene rings is 3. The molecule has 220 valence electrons. The van der Waals surface area contributed by atoms with E-state index in [1.54, 1.807) is 36.0 Å². The van der Waals surface area contributed by atoms with Crippen molar-refractivity contribution in [2.24, 2.45) is 0 Å². The van der Waals surface area contributed by atoms with Crippen LogP contribution in [0.1, 0.15) is 31.9 Å². The maximum absolute atomic E-state index is 12.9. The Balaban J connectivity index is 1.33. The third kappa shape index (κ3) is 10.2. The van der Waals surface area contributed by atoms with Crippen LogP contribution in [0.4, 0.5) is 0 Å². The standard InChI is InChI=1S/C31H38NO7PS/c1-24(2)38-30(21-36-29-15-10-14-28(17-29)35-20-26-11-6-5-7-12-26)22-37-40(33,34)39-31-16-9-8-13-27(31)19-32(4)18-25(3)41-23-32/h5-18,24,30H,19-23H2,1-4H3. The van der Waals surface area contributed by atoms with E-state index in [0.29, 0.717) is 29.1 Å². The normalized spacial score (nSPS) is 18.9. The molecular weight excluding hydrogens is 561 g/mol. The minimum atomic E-state index is -4.69. The Morgan fingerprint density at radius 2 is 1.66 bits per heavy atom. The second kappa shape index (κ2) is 14.4. The summed E-state index contributed by atoms with van der Waals surface area (Å²) in [5, 5.41) is 0. The summed E-state index contributed by atoms with van der Waals surface area (Å²) >= 11 is 1.78. The predicted octanol–water partition coefficient (Wildman–Crippen LogP) is 6.51. The van der Waals surface area contributed by atoms with Crippen LogP contribution in [-0.4, -0.2) is 42.8 Å². The lowest BCUT2D eigenvalue weighted by Gasteiger charge is -2.29. The minimum absolute atomic E-state index is 0.0795. The number of rotatable bonds is 15. The molecule has 0 radical (unpaired) electrons. The highest BCUT2D eigenvalue weighted by Gasteiger charge is 2.28. The van der Waals surface area contributed by atoms with Crippen LogP contribution in [0, 0.1) is 0 Å². The molecule has 0 saturated heterocycles. The SMILES string of the molecule is CC1=C[N+](C)(Cc2ccccc2OP(=O)([O-])OCC(COc2cccc(OCc3ccccc3)c2)OC(C)C)CS1. The average molecular weight is 600 g/mol. The average Bonchev–Trinajstić information content (AvgIpc) is 3.28. The van der Waals surface area contributed by atoms with Gasteiger partial charge in [0, 0.05) is 16.5 Å². The van der Waals surface area contributed by atoms with Gasteiger partial charge >= 0.3 is 7.82 Å². The van der Waals surface area contributed by atoms with Crippen LogP contribution in [0.25, 0.3) is 0 Å². The van der Waals surface area contributed by atoms with E-state index < -0.39 is 13.9 Å². The molecule has 0 saturated carbocycles. The summed E-state index contributed by atoms with van der Waals surface area (Å²) < 4.78 is 41.9. The zero-order valence-electron chi connectivity index (χ0n) is 23.9. The Morgan fingerprint density at radius 1 is 0.951 bits per heavy atom. The largest absolute Gasteiger partial charge is 0.746 e. The smallest absolute Gasteiger partial charge is 0.319 e. The Hall–Kier alpha value is -2.78. The molecule has 3 aromatic carbocycles.